The molecule has 164 valence electrons. The lowest BCUT2D eigenvalue weighted by Gasteiger charge is -2.36. The maximum atomic E-state index is 14.6. The first-order chi connectivity index (χ1) is 14.9. The first-order valence-electron chi connectivity index (χ1n) is 10.0. The molecule has 0 unspecified atom stereocenters. The van der Waals surface area contributed by atoms with Gasteiger partial charge in [-0.15, -0.1) is 0 Å². The molecule has 0 atom stereocenters. The molecular formula is C21H22F2N4O4. The number of benzene rings is 2. The number of halogens is 2. The van der Waals surface area contributed by atoms with Crippen molar-refractivity contribution in [1.82, 2.24) is 4.90 Å². The van der Waals surface area contributed by atoms with Gasteiger partial charge in [0.15, 0.2) is 5.82 Å². The Morgan fingerprint density at radius 2 is 1.52 bits per heavy atom. The molecule has 0 aliphatic carbocycles. The normalized spacial score (nSPS) is 17.0. The minimum Gasteiger partial charge on any atom is -0.378 e. The number of amides is 1. The van der Waals surface area contributed by atoms with E-state index in [4.69, 9.17) is 4.74 Å². The third kappa shape index (κ3) is 4.43. The number of nitrogens with zero attached hydrogens (tertiary/aromatic N) is 4. The zero-order valence-corrected chi connectivity index (χ0v) is 16.8. The van der Waals surface area contributed by atoms with Gasteiger partial charge in [-0.05, 0) is 30.3 Å². The molecule has 2 aliphatic heterocycles. The summed E-state index contributed by atoms with van der Waals surface area (Å²) in [5.41, 5.74) is 0.737. The van der Waals surface area contributed by atoms with Gasteiger partial charge >= 0.3 is 0 Å². The maximum absolute atomic E-state index is 14.6. The van der Waals surface area contributed by atoms with Gasteiger partial charge in [-0.3, -0.25) is 14.9 Å². The van der Waals surface area contributed by atoms with E-state index in [2.05, 4.69) is 0 Å². The summed E-state index contributed by atoms with van der Waals surface area (Å²) in [5.74, 6) is -1.27. The van der Waals surface area contributed by atoms with Gasteiger partial charge in [0.2, 0.25) is 0 Å². The number of rotatable bonds is 4. The van der Waals surface area contributed by atoms with Crippen molar-refractivity contribution >= 4 is 23.0 Å². The Bertz CT molecular complexity index is 972. The molecule has 0 N–H and O–H groups in total. The molecule has 4 rings (SSSR count). The Labute approximate surface area is 177 Å². The Kier molecular flexibility index (Phi) is 5.99. The van der Waals surface area contributed by atoms with Crippen molar-refractivity contribution in [3.8, 4) is 0 Å². The largest absolute Gasteiger partial charge is 0.378 e. The predicted molar refractivity (Wildman–Crippen MR) is 111 cm³/mol. The Morgan fingerprint density at radius 3 is 2.13 bits per heavy atom. The number of carbonyl (C=O) groups is 1. The molecule has 0 spiro atoms. The van der Waals surface area contributed by atoms with Crippen LogP contribution in [0.1, 0.15) is 10.4 Å². The average molecular weight is 432 g/mol. The van der Waals surface area contributed by atoms with Gasteiger partial charge in [0.25, 0.3) is 11.6 Å². The number of piperazine rings is 1. The fourth-order valence-electron chi connectivity index (χ4n) is 3.91. The summed E-state index contributed by atoms with van der Waals surface area (Å²) in [5, 5.41) is 11.6. The second kappa shape index (κ2) is 8.84. The van der Waals surface area contributed by atoms with Crippen LogP contribution in [0, 0.1) is 21.7 Å². The van der Waals surface area contributed by atoms with Crippen molar-refractivity contribution in [2.75, 3.05) is 62.3 Å². The number of hydrogen-bond acceptors (Lipinski definition) is 6. The van der Waals surface area contributed by atoms with Crippen molar-refractivity contribution in [2.24, 2.45) is 0 Å². The molecule has 0 aromatic heterocycles. The van der Waals surface area contributed by atoms with Gasteiger partial charge in [0, 0.05) is 44.8 Å². The number of anilines is 2. The highest BCUT2D eigenvalue weighted by atomic mass is 19.1. The molecule has 0 radical (unpaired) electrons. The van der Waals surface area contributed by atoms with E-state index >= 15 is 0 Å². The van der Waals surface area contributed by atoms with Crippen molar-refractivity contribution < 1.29 is 23.2 Å². The zero-order chi connectivity index (χ0) is 22.0. The van der Waals surface area contributed by atoms with Crippen LogP contribution in [-0.4, -0.2) is 68.2 Å². The maximum Gasteiger partial charge on any atom is 0.295 e. The lowest BCUT2D eigenvalue weighted by Crippen LogP contribution is -2.49. The summed E-state index contributed by atoms with van der Waals surface area (Å²) in [6.07, 6.45) is 0. The number of hydrogen-bond donors (Lipinski definition) is 0. The molecule has 2 aromatic carbocycles. The Morgan fingerprint density at radius 1 is 0.903 bits per heavy atom. The lowest BCUT2D eigenvalue weighted by molar-refractivity contribution is -0.384. The van der Waals surface area contributed by atoms with E-state index in [1.54, 1.807) is 9.80 Å². The molecule has 2 aromatic rings. The van der Waals surface area contributed by atoms with Crippen LogP contribution >= 0.6 is 0 Å². The molecule has 2 fully saturated rings. The van der Waals surface area contributed by atoms with E-state index in [1.807, 2.05) is 4.90 Å². The third-order valence-corrected chi connectivity index (χ3v) is 5.59. The molecule has 8 nitrogen and oxygen atoms in total. The van der Waals surface area contributed by atoms with Gasteiger partial charge in [-0.25, -0.2) is 8.78 Å². The van der Waals surface area contributed by atoms with Crippen LogP contribution in [0.4, 0.5) is 25.8 Å². The number of nitro groups is 1. The summed E-state index contributed by atoms with van der Waals surface area (Å²) in [7, 11) is 0. The van der Waals surface area contributed by atoms with Crippen molar-refractivity contribution in [1.29, 1.82) is 0 Å². The van der Waals surface area contributed by atoms with Crippen LogP contribution in [0.25, 0.3) is 0 Å². The van der Waals surface area contributed by atoms with Gasteiger partial charge in [0.1, 0.15) is 11.5 Å². The number of carbonyl (C=O) groups excluding carboxylic acids is 1. The first kappa shape index (κ1) is 21.0. The second-order valence-corrected chi connectivity index (χ2v) is 7.44. The van der Waals surface area contributed by atoms with E-state index in [-0.39, 0.29) is 11.6 Å². The molecule has 2 heterocycles. The fourth-order valence-corrected chi connectivity index (χ4v) is 3.91. The van der Waals surface area contributed by atoms with Gasteiger partial charge in [0.05, 0.1) is 29.9 Å². The molecule has 0 saturated carbocycles. The number of nitro benzene ring substituents is 1. The first-order valence-corrected chi connectivity index (χ1v) is 10.0. The van der Waals surface area contributed by atoms with Crippen LogP contribution in [-0.2, 0) is 4.74 Å². The van der Waals surface area contributed by atoms with Crippen molar-refractivity contribution in [3.05, 3.63) is 63.7 Å². The van der Waals surface area contributed by atoms with Crippen molar-refractivity contribution in [3.63, 3.8) is 0 Å². The van der Waals surface area contributed by atoms with Crippen LogP contribution in [0.5, 0.6) is 0 Å². The van der Waals surface area contributed by atoms with Gasteiger partial charge < -0.3 is 19.4 Å². The van der Waals surface area contributed by atoms with Gasteiger partial charge in [-0.2, -0.15) is 0 Å². The molecule has 1 amide bonds. The van der Waals surface area contributed by atoms with Crippen molar-refractivity contribution in [2.45, 2.75) is 0 Å². The second-order valence-electron chi connectivity index (χ2n) is 7.44. The topological polar surface area (TPSA) is 79.2 Å². The predicted octanol–water partition coefficient (Wildman–Crippen LogP) is 2.67. The van der Waals surface area contributed by atoms with E-state index in [1.165, 1.54) is 30.3 Å². The molecule has 31 heavy (non-hydrogen) atoms. The SMILES string of the molecule is O=C(c1ccc(F)cc1)N1CCN(c2cc(N3CCOCC3)c(F)cc2[N+](=O)[O-])CC1. The van der Waals surface area contributed by atoms with Crippen LogP contribution in [0.2, 0.25) is 0 Å². The summed E-state index contributed by atoms with van der Waals surface area (Å²) < 4.78 is 33.1. The molecule has 10 heteroatoms. The van der Waals surface area contributed by atoms with E-state index in [0.29, 0.717) is 69.4 Å². The number of morpholine rings is 1. The summed E-state index contributed by atoms with van der Waals surface area (Å²) in [4.78, 5) is 28.9. The average Bonchev–Trinajstić information content (AvgIpc) is 2.79. The molecule has 2 aliphatic rings. The molecular weight excluding hydrogens is 410 g/mol. The summed E-state index contributed by atoms with van der Waals surface area (Å²) in [6, 6.07) is 7.83. The number of ether oxygens (including phenoxy) is 1. The summed E-state index contributed by atoms with van der Waals surface area (Å²) in [6.45, 7) is 3.37. The quantitative estimate of drug-likeness (QED) is 0.546. The highest BCUT2D eigenvalue weighted by molar-refractivity contribution is 5.94. The lowest BCUT2D eigenvalue weighted by atomic mass is 10.1. The van der Waals surface area contributed by atoms with Crippen LogP contribution < -0.4 is 9.80 Å². The van der Waals surface area contributed by atoms with Crippen LogP contribution in [0.15, 0.2) is 36.4 Å². The van der Waals surface area contributed by atoms with E-state index < -0.39 is 16.6 Å². The summed E-state index contributed by atoms with van der Waals surface area (Å²) >= 11 is 0. The minimum absolute atomic E-state index is 0.220. The molecule has 2 saturated heterocycles. The Balaban J connectivity index is 1.53. The highest BCUT2D eigenvalue weighted by Crippen LogP contribution is 2.36. The van der Waals surface area contributed by atoms with Gasteiger partial charge in [-0.1, -0.05) is 0 Å². The standard InChI is InChI=1S/C21H22F2N4O4/c22-16-3-1-15(2-4-16)21(28)26-7-5-24(6-8-26)19-14-18(25-9-11-31-12-10-25)17(23)13-20(19)27(29)30/h1-4,13-14H,5-12H2. The van der Waals surface area contributed by atoms with E-state index in [0.717, 1.165) is 6.07 Å². The van der Waals surface area contributed by atoms with E-state index in [9.17, 15) is 23.7 Å². The molecule has 0 bridgehead atoms. The minimum atomic E-state index is -0.637. The third-order valence-electron chi connectivity index (χ3n) is 5.59. The monoisotopic (exact) mass is 432 g/mol. The smallest absolute Gasteiger partial charge is 0.295 e. The van der Waals surface area contributed by atoms with Crippen LogP contribution in [0.3, 0.4) is 0 Å². The zero-order valence-electron chi connectivity index (χ0n) is 16.8. The Hall–Kier alpha value is -3.27. The highest BCUT2D eigenvalue weighted by Gasteiger charge is 2.29. The fraction of sp³-hybridized carbons (Fsp3) is 0.381.